The molecule has 3 N–H and O–H groups in total. The quantitative estimate of drug-likeness (QED) is 0.794. The number of fused-ring (bicyclic) bond motifs is 1. The van der Waals surface area contributed by atoms with Gasteiger partial charge < -0.3 is 15.5 Å². The number of hydrogen-bond acceptors (Lipinski definition) is 3. The van der Waals surface area contributed by atoms with Crippen molar-refractivity contribution >= 4 is 11.9 Å². The molecule has 2 fully saturated rings. The van der Waals surface area contributed by atoms with E-state index in [-0.39, 0.29) is 11.6 Å². The molecule has 1 heterocycles. The highest BCUT2D eigenvalue weighted by Crippen LogP contribution is 2.39. The maximum absolute atomic E-state index is 11.4. The van der Waals surface area contributed by atoms with Gasteiger partial charge in [-0.3, -0.25) is 4.79 Å². The lowest BCUT2D eigenvalue weighted by Crippen LogP contribution is -2.56. The first kappa shape index (κ1) is 16.0. The van der Waals surface area contributed by atoms with E-state index in [4.69, 9.17) is 5.11 Å². The second kappa shape index (κ2) is 6.71. The number of carboxylic acids is 2. The van der Waals surface area contributed by atoms with Crippen molar-refractivity contribution in [3.05, 3.63) is 35.4 Å². The lowest BCUT2D eigenvalue weighted by Gasteiger charge is -2.44. The number of aliphatic carboxylic acids is 1. The summed E-state index contributed by atoms with van der Waals surface area (Å²) in [6.45, 7) is 0. The molecule has 2 aliphatic rings. The summed E-state index contributed by atoms with van der Waals surface area (Å²) in [5.74, 6) is -0.668. The van der Waals surface area contributed by atoms with Crippen LogP contribution in [0.5, 0.6) is 0 Å². The van der Waals surface area contributed by atoms with Crippen LogP contribution in [0.15, 0.2) is 24.3 Å². The Balaban J connectivity index is 1.75. The molecule has 0 amide bonds. The third kappa shape index (κ3) is 3.55. The molecule has 1 aliphatic heterocycles. The zero-order valence-corrected chi connectivity index (χ0v) is 13.1. The fourth-order valence-electron chi connectivity index (χ4n) is 4.23. The van der Waals surface area contributed by atoms with Crippen molar-refractivity contribution in [3.8, 4) is 0 Å². The van der Waals surface area contributed by atoms with E-state index in [0.29, 0.717) is 11.8 Å². The van der Waals surface area contributed by atoms with Crippen LogP contribution < -0.4 is 5.32 Å². The van der Waals surface area contributed by atoms with Gasteiger partial charge in [0.2, 0.25) is 0 Å². The molecule has 0 radical (unpaired) electrons. The number of carboxylic acid groups (broad SMARTS) is 2. The summed E-state index contributed by atoms with van der Waals surface area (Å²) in [6.07, 6.45) is 6.19. The summed E-state index contributed by atoms with van der Waals surface area (Å²) in [4.78, 5) is 22.3. The van der Waals surface area contributed by atoms with E-state index < -0.39 is 18.0 Å². The number of hydrogen-bond donors (Lipinski definition) is 3. The van der Waals surface area contributed by atoms with Crippen LogP contribution in [0.2, 0.25) is 0 Å². The van der Waals surface area contributed by atoms with Crippen molar-refractivity contribution in [2.24, 2.45) is 11.8 Å². The lowest BCUT2D eigenvalue weighted by molar-refractivity contribution is -0.141. The number of carbonyl (C=O) groups is 2. The van der Waals surface area contributed by atoms with Gasteiger partial charge in [-0.1, -0.05) is 31.4 Å². The van der Waals surface area contributed by atoms with E-state index in [0.717, 1.165) is 31.2 Å². The third-order valence-corrected chi connectivity index (χ3v) is 5.39. The number of nitrogens with one attached hydrogen (secondary N) is 1. The van der Waals surface area contributed by atoms with Crippen molar-refractivity contribution in [1.29, 1.82) is 0 Å². The fourth-order valence-corrected chi connectivity index (χ4v) is 4.23. The molecule has 5 heteroatoms. The Bertz CT molecular complexity index is 583. The topological polar surface area (TPSA) is 86.6 Å². The molecule has 23 heavy (non-hydrogen) atoms. The molecule has 0 spiro atoms. The molecular weight excluding hydrogens is 294 g/mol. The predicted octanol–water partition coefficient (Wildman–Crippen LogP) is 2.55. The van der Waals surface area contributed by atoms with Gasteiger partial charge in [-0.25, -0.2) is 4.79 Å². The molecule has 124 valence electrons. The zero-order chi connectivity index (χ0) is 16.4. The SMILES string of the molecule is O=C(O)c1ccc(CC2NC(C(=O)O)CC3CCCCC32)cc1. The Morgan fingerprint density at radius 1 is 1.09 bits per heavy atom. The van der Waals surface area contributed by atoms with Gasteiger partial charge in [0, 0.05) is 6.04 Å². The van der Waals surface area contributed by atoms with Crippen molar-refractivity contribution < 1.29 is 19.8 Å². The van der Waals surface area contributed by atoms with E-state index in [9.17, 15) is 14.7 Å². The number of rotatable bonds is 4. The average molecular weight is 317 g/mol. The molecule has 0 bridgehead atoms. The van der Waals surface area contributed by atoms with Crippen molar-refractivity contribution in [2.45, 2.75) is 50.6 Å². The van der Waals surface area contributed by atoms with E-state index in [1.54, 1.807) is 12.1 Å². The van der Waals surface area contributed by atoms with Crippen LogP contribution in [0, 0.1) is 11.8 Å². The first-order valence-electron chi connectivity index (χ1n) is 8.35. The molecule has 5 nitrogen and oxygen atoms in total. The van der Waals surface area contributed by atoms with Crippen LogP contribution >= 0.6 is 0 Å². The molecule has 4 unspecified atom stereocenters. The van der Waals surface area contributed by atoms with Crippen LogP contribution in [0.4, 0.5) is 0 Å². The summed E-state index contributed by atoms with van der Waals surface area (Å²) in [7, 11) is 0. The van der Waals surface area contributed by atoms with Gasteiger partial charge in [-0.05, 0) is 48.8 Å². The second-order valence-corrected chi connectivity index (χ2v) is 6.81. The monoisotopic (exact) mass is 317 g/mol. The summed E-state index contributed by atoms with van der Waals surface area (Å²) < 4.78 is 0. The molecule has 1 saturated carbocycles. The van der Waals surface area contributed by atoms with Crippen LogP contribution in [0.1, 0.15) is 48.0 Å². The molecular formula is C18H23NO4. The number of piperidine rings is 1. The molecule has 1 aliphatic carbocycles. The maximum Gasteiger partial charge on any atom is 0.335 e. The molecule has 1 saturated heterocycles. The highest BCUT2D eigenvalue weighted by atomic mass is 16.4. The normalized spacial score (nSPS) is 30.4. The molecule has 1 aromatic rings. The Morgan fingerprint density at radius 2 is 1.78 bits per heavy atom. The number of benzene rings is 1. The molecule has 1 aromatic carbocycles. The highest BCUT2D eigenvalue weighted by Gasteiger charge is 2.40. The van der Waals surface area contributed by atoms with E-state index in [2.05, 4.69) is 5.32 Å². The summed E-state index contributed by atoms with van der Waals surface area (Å²) in [5, 5.41) is 21.7. The van der Waals surface area contributed by atoms with Gasteiger partial charge in [0.15, 0.2) is 0 Å². The van der Waals surface area contributed by atoms with E-state index >= 15 is 0 Å². The highest BCUT2D eigenvalue weighted by molar-refractivity contribution is 5.87. The fraction of sp³-hybridized carbons (Fsp3) is 0.556. The van der Waals surface area contributed by atoms with Crippen LogP contribution in [-0.2, 0) is 11.2 Å². The summed E-state index contributed by atoms with van der Waals surface area (Å²) in [6, 6.07) is 6.62. The van der Waals surface area contributed by atoms with Crippen LogP contribution in [0.3, 0.4) is 0 Å². The Labute approximate surface area is 135 Å². The van der Waals surface area contributed by atoms with E-state index in [1.165, 1.54) is 12.8 Å². The minimum atomic E-state index is -0.925. The maximum atomic E-state index is 11.4. The Morgan fingerprint density at radius 3 is 2.43 bits per heavy atom. The predicted molar refractivity (Wildman–Crippen MR) is 85.5 cm³/mol. The molecule has 4 atom stereocenters. The third-order valence-electron chi connectivity index (χ3n) is 5.39. The van der Waals surface area contributed by atoms with Gasteiger partial charge >= 0.3 is 11.9 Å². The standard InChI is InChI=1S/C18H23NO4/c20-17(21)12-7-5-11(6-8-12)9-15-14-4-2-1-3-13(14)10-16(19-15)18(22)23/h5-8,13-16,19H,1-4,9-10H2,(H,20,21)(H,22,23). The Kier molecular flexibility index (Phi) is 4.66. The van der Waals surface area contributed by atoms with Crippen LogP contribution in [0.25, 0.3) is 0 Å². The Hall–Kier alpha value is -1.88. The van der Waals surface area contributed by atoms with Crippen molar-refractivity contribution in [2.75, 3.05) is 0 Å². The minimum Gasteiger partial charge on any atom is -0.480 e. The van der Waals surface area contributed by atoms with Crippen LogP contribution in [-0.4, -0.2) is 34.2 Å². The van der Waals surface area contributed by atoms with Gasteiger partial charge in [0.1, 0.15) is 6.04 Å². The second-order valence-electron chi connectivity index (χ2n) is 6.81. The van der Waals surface area contributed by atoms with Crippen molar-refractivity contribution in [1.82, 2.24) is 5.32 Å². The first-order valence-corrected chi connectivity index (χ1v) is 8.35. The van der Waals surface area contributed by atoms with Gasteiger partial charge in [-0.15, -0.1) is 0 Å². The van der Waals surface area contributed by atoms with Crippen molar-refractivity contribution in [3.63, 3.8) is 0 Å². The largest absolute Gasteiger partial charge is 0.480 e. The number of aromatic carboxylic acids is 1. The van der Waals surface area contributed by atoms with Gasteiger partial charge in [0.25, 0.3) is 0 Å². The first-order chi connectivity index (χ1) is 11.0. The van der Waals surface area contributed by atoms with E-state index in [1.807, 2.05) is 12.1 Å². The summed E-state index contributed by atoms with van der Waals surface area (Å²) >= 11 is 0. The van der Waals surface area contributed by atoms with Gasteiger partial charge in [0.05, 0.1) is 5.56 Å². The minimum absolute atomic E-state index is 0.158. The zero-order valence-electron chi connectivity index (χ0n) is 13.1. The lowest BCUT2D eigenvalue weighted by atomic mass is 9.68. The smallest absolute Gasteiger partial charge is 0.335 e. The average Bonchev–Trinajstić information content (AvgIpc) is 2.55. The molecule has 3 rings (SSSR count). The summed E-state index contributed by atoms with van der Waals surface area (Å²) in [5.41, 5.74) is 1.34. The molecule has 0 aromatic heterocycles. The van der Waals surface area contributed by atoms with Gasteiger partial charge in [-0.2, -0.15) is 0 Å².